The molecule has 1 aromatic heterocycles. The molecule has 2 fully saturated rings. The van der Waals surface area contributed by atoms with E-state index in [1.165, 1.54) is 0 Å². The van der Waals surface area contributed by atoms with Crippen LogP contribution in [0.15, 0.2) is 60.9 Å². The highest BCUT2D eigenvalue weighted by atomic mass is 19.3. The Hall–Kier alpha value is -3.39. The van der Waals surface area contributed by atoms with Gasteiger partial charge >= 0.3 is 0 Å². The minimum absolute atomic E-state index is 0.00185. The Balaban J connectivity index is 1.23. The van der Waals surface area contributed by atoms with Crippen molar-refractivity contribution < 1.29 is 18.4 Å². The molecule has 0 bridgehead atoms. The third-order valence-electron chi connectivity index (χ3n) is 6.14. The molecular weight excluding hydrogens is 414 g/mol. The van der Waals surface area contributed by atoms with E-state index in [2.05, 4.69) is 20.9 Å². The summed E-state index contributed by atoms with van der Waals surface area (Å²) in [5.74, 6) is -3.76. The Labute approximate surface area is 183 Å². The highest BCUT2D eigenvalue weighted by molar-refractivity contribution is 5.98. The number of halogens is 2. The number of carbonyl (C=O) groups excluding carboxylic acids is 2. The first-order valence-electron chi connectivity index (χ1n) is 10.5. The molecule has 32 heavy (non-hydrogen) atoms. The Kier molecular flexibility index (Phi) is 5.09. The molecule has 2 amide bonds. The van der Waals surface area contributed by atoms with Gasteiger partial charge in [-0.3, -0.25) is 14.6 Å². The highest BCUT2D eigenvalue weighted by Gasteiger charge is 2.46. The average Bonchev–Trinajstić information content (AvgIpc) is 3.53. The predicted molar refractivity (Wildman–Crippen MR) is 117 cm³/mol. The molecule has 1 aliphatic heterocycles. The molecule has 3 aromatic rings. The first-order chi connectivity index (χ1) is 15.4. The topological polar surface area (TPSA) is 83.1 Å². The van der Waals surface area contributed by atoms with Crippen LogP contribution in [0.1, 0.15) is 28.3 Å². The molecule has 1 saturated carbocycles. The molecule has 2 heterocycles. The normalized spacial score (nSPS) is 23.6. The van der Waals surface area contributed by atoms with Crippen molar-refractivity contribution in [3.63, 3.8) is 0 Å². The number of pyridine rings is 1. The van der Waals surface area contributed by atoms with E-state index in [1.54, 1.807) is 30.6 Å². The molecule has 2 aliphatic rings. The first kappa shape index (κ1) is 20.5. The molecular formula is C24H22F2N4O2. The number of fused-ring (bicyclic) bond motifs is 1. The second-order valence-corrected chi connectivity index (χ2v) is 8.42. The smallest absolute Gasteiger partial charge is 0.281 e. The van der Waals surface area contributed by atoms with Crippen molar-refractivity contribution in [3.8, 4) is 0 Å². The van der Waals surface area contributed by atoms with Crippen LogP contribution in [0, 0.1) is 5.92 Å². The fourth-order valence-electron chi connectivity index (χ4n) is 4.21. The van der Waals surface area contributed by atoms with Crippen molar-refractivity contribution in [3.05, 3.63) is 72.1 Å². The van der Waals surface area contributed by atoms with E-state index in [4.69, 9.17) is 0 Å². The Morgan fingerprint density at radius 1 is 1.09 bits per heavy atom. The zero-order valence-corrected chi connectivity index (χ0v) is 17.1. The van der Waals surface area contributed by atoms with Crippen LogP contribution >= 0.6 is 0 Å². The second-order valence-electron chi connectivity index (χ2n) is 8.42. The van der Waals surface area contributed by atoms with Crippen LogP contribution in [0.2, 0.25) is 0 Å². The number of aromatic nitrogens is 1. The standard InChI is InChI=1S/C24H22F2N4O2/c25-24(26)13-28-12-21(24)30-22(31)16-3-1-2-15(8-16)19-10-20(19)23(32)29-18-5-4-17-11-27-7-6-14(17)9-18/h1-9,11,19-21,28H,10,12-13H2,(H,29,32)(H,30,31)/t19-,20+,21?/m0/s1. The van der Waals surface area contributed by atoms with Gasteiger partial charge in [0.1, 0.15) is 6.04 Å². The molecule has 3 atom stereocenters. The second kappa shape index (κ2) is 7.94. The SMILES string of the molecule is O=C(NC1CNCC1(F)F)c1cccc([C@@H]2C[C@H]2C(=O)Nc2ccc3cnccc3c2)c1. The Morgan fingerprint density at radius 3 is 2.78 bits per heavy atom. The summed E-state index contributed by atoms with van der Waals surface area (Å²) in [6.07, 6.45) is 4.16. The molecule has 5 rings (SSSR count). The maximum Gasteiger partial charge on any atom is 0.281 e. The van der Waals surface area contributed by atoms with Crippen LogP contribution < -0.4 is 16.0 Å². The number of nitrogens with one attached hydrogen (secondary N) is 3. The van der Waals surface area contributed by atoms with Crippen LogP contribution in [-0.4, -0.2) is 41.9 Å². The lowest BCUT2D eigenvalue weighted by Crippen LogP contribution is -2.46. The van der Waals surface area contributed by atoms with E-state index in [-0.39, 0.29) is 24.3 Å². The summed E-state index contributed by atoms with van der Waals surface area (Å²) in [4.78, 5) is 29.3. The summed E-state index contributed by atoms with van der Waals surface area (Å²) >= 11 is 0. The number of rotatable bonds is 5. The number of anilines is 1. The number of hydrogen-bond donors (Lipinski definition) is 3. The van der Waals surface area contributed by atoms with Crippen LogP contribution in [-0.2, 0) is 4.79 Å². The third-order valence-corrected chi connectivity index (χ3v) is 6.14. The number of benzene rings is 2. The molecule has 8 heteroatoms. The minimum Gasteiger partial charge on any atom is -0.342 e. The number of amides is 2. The van der Waals surface area contributed by atoms with Crippen LogP contribution in [0.5, 0.6) is 0 Å². The van der Waals surface area contributed by atoms with Gasteiger partial charge in [-0.05, 0) is 53.6 Å². The van der Waals surface area contributed by atoms with Crippen LogP contribution in [0.4, 0.5) is 14.5 Å². The Bertz CT molecular complexity index is 1200. The van der Waals surface area contributed by atoms with E-state index in [0.717, 1.165) is 22.0 Å². The van der Waals surface area contributed by atoms with Crippen molar-refractivity contribution >= 4 is 28.3 Å². The van der Waals surface area contributed by atoms with Gasteiger partial charge in [0, 0.05) is 41.5 Å². The molecule has 3 N–H and O–H groups in total. The molecule has 2 aromatic carbocycles. The van der Waals surface area contributed by atoms with Gasteiger partial charge in [0.05, 0.1) is 6.54 Å². The van der Waals surface area contributed by atoms with Gasteiger partial charge in [-0.25, -0.2) is 8.78 Å². The zero-order chi connectivity index (χ0) is 22.3. The van der Waals surface area contributed by atoms with Crippen molar-refractivity contribution in [2.24, 2.45) is 5.92 Å². The number of nitrogens with zero attached hydrogens (tertiary/aromatic N) is 1. The van der Waals surface area contributed by atoms with Gasteiger partial charge in [0.25, 0.3) is 11.8 Å². The number of hydrogen-bond acceptors (Lipinski definition) is 4. The minimum atomic E-state index is -2.97. The highest BCUT2D eigenvalue weighted by Crippen LogP contribution is 2.48. The average molecular weight is 436 g/mol. The van der Waals surface area contributed by atoms with Crippen molar-refractivity contribution in [2.75, 3.05) is 18.4 Å². The van der Waals surface area contributed by atoms with Gasteiger partial charge < -0.3 is 16.0 Å². The van der Waals surface area contributed by atoms with Crippen molar-refractivity contribution in [1.82, 2.24) is 15.6 Å². The van der Waals surface area contributed by atoms with Gasteiger partial charge in [-0.15, -0.1) is 0 Å². The zero-order valence-electron chi connectivity index (χ0n) is 17.1. The molecule has 164 valence electrons. The molecule has 1 saturated heterocycles. The van der Waals surface area contributed by atoms with E-state index in [1.807, 2.05) is 30.3 Å². The third kappa shape index (κ3) is 4.05. The first-order valence-corrected chi connectivity index (χ1v) is 10.5. The van der Waals surface area contributed by atoms with E-state index in [0.29, 0.717) is 12.0 Å². The maximum atomic E-state index is 13.8. The van der Waals surface area contributed by atoms with Gasteiger partial charge in [0.15, 0.2) is 0 Å². The maximum absolute atomic E-state index is 13.8. The molecule has 0 radical (unpaired) electrons. The number of alkyl halides is 2. The van der Waals surface area contributed by atoms with E-state index < -0.39 is 24.4 Å². The van der Waals surface area contributed by atoms with Crippen molar-refractivity contribution in [1.29, 1.82) is 0 Å². The lowest BCUT2D eigenvalue weighted by molar-refractivity contribution is -0.117. The van der Waals surface area contributed by atoms with Crippen LogP contribution in [0.25, 0.3) is 10.8 Å². The fraction of sp³-hybridized carbons (Fsp3) is 0.292. The summed E-state index contributed by atoms with van der Waals surface area (Å²) in [6.45, 7) is -0.403. The summed E-state index contributed by atoms with van der Waals surface area (Å²) in [5, 5.41) is 9.96. The molecule has 1 aliphatic carbocycles. The quantitative estimate of drug-likeness (QED) is 0.573. The monoisotopic (exact) mass is 436 g/mol. The van der Waals surface area contributed by atoms with E-state index in [9.17, 15) is 18.4 Å². The summed E-state index contributed by atoms with van der Waals surface area (Å²) in [5.41, 5.74) is 1.90. The lowest BCUT2D eigenvalue weighted by Gasteiger charge is -2.19. The largest absolute Gasteiger partial charge is 0.342 e. The van der Waals surface area contributed by atoms with Gasteiger partial charge in [-0.2, -0.15) is 0 Å². The van der Waals surface area contributed by atoms with Gasteiger partial charge in [0.2, 0.25) is 5.91 Å². The Morgan fingerprint density at radius 2 is 1.97 bits per heavy atom. The van der Waals surface area contributed by atoms with Gasteiger partial charge in [-0.1, -0.05) is 18.2 Å². The predicted octanol–water partition coefficient (Wildman–Crippen LogP) is 3.31. The summed E-state index contributed by atoms with van der Waals surface area (Å²) < 4.78 is 27.6. The lowest BCUT2D eigenvalue weighted by atomic mass is 10.0. The number of carbonyl (C=O) groups is 2. The molecule has 1 unspecified atom stereocenters. The molecule has 0 spiro atoms. The molecule has 6 nitrogen and oxygen atoms in total. The van der Waals surface area contributed by atoms with Crippen molar-refractivity contribution in [2.45, 2.75) is 24.3 Å². The van der Waals surface area contributed by atoms with Crippen LogP contribution in [0.3, 0.4) is 0 Å². The summed E-state index contributed by atoms with van der Waals surface area (Å²) in [6, 6.07) is 13.2. The van der Waals surface area contributed by atoms with E-state index >= 15 is 0 Å². The summed E-state index contributed by atoms with van der Waals surface area (Å²) in [7, 11) is 0. The fourth-order valence-corrected chi connectivity index (χ4v) is 4.21.